The lowest BCUT2D eigenvalue weighted by atomic mass is 10.1. The van der Waals surface area contributed by atoms with Gasteiger partial charge in [-0.3, -0.25) is 9.20 Å². The number of hydrogen-bond acceptors (Lipinski definition) is 3. The van der Waals surface area contributed by atoms with Crippen LogP contribution in [-0.4, -0.2) is 15.3 Å². The summed E-state index contributed by atoms with van der Waals surface area (Å²) in [5.74, 6) is -0.0460. The molecule has 0 aliphatic heterocycles. The molecular formula is C21H18BrN3OS. The SMILES string of the molecule is CCc1ccc(-c2cn3c(CC(=O)Nc4cccc(Br)c4)csc3n2)cc1. The van der Waals surface area contributed by atoms with Crippen molar-refractivity contribution in [3.8, 4) is 11.3 Å². The van der Waals surface area contributed by atoms with E-state index >= 15 is 0 Å². The summed E-state index contributed by atoms with van der Waals surface area (Å²) in [6, 6.07) is 16.1. The molecule has 0 spiro atoms. The molecule has 0 unspecified atom stereocenters. The van der Waals surface area contributed by atoms with Gasteiger partial charge < -0.3 is 5.32 Å². The molecule has 0 aliphatic carbocycles. The summed E-state index contributed by atoms with van der Waals surface area (Å²) in [7, 11) is 0. The molecule has 0 atom stereocenters. The minimum absolute atomic E-state index is 0.0460. The van der Waals surface area contributed by atoms with Crippen LogP contribution in [0.3, 0.4) is 0 Å². The summed E-state index contributed by atoms with van der Waals surface area (Å²) in [4.78, 5) is 18.0. The molecule has 2 aromatic heterocycles. The van der Waals surface area contributed by atoms with Gasteiger partial charge in [-0.1, -0.05) is 53.2 Å². The van der Waals surface area contributed by atoms with Crippen LogP contribution in [0.5, 0.6) is 0 Å². The summed E-state index contributed by atoms with van der Waals surface area (Å²) in [6.45, 7) is 2.15. The molecule has 0 radical (unpaired) electrons. The van der Waals surface area contributed by atoms with Gasteiger partial charge in [0.25, 0.3) is 0 Å². The average Bonchev–Trinajstić information content (AvgIpc) is 3.24. The van der Waals surface area contributed by atoms with E-state index < -0.39 is 0 Å². The number of nitrogens with one attached hydrogen (secondary N) is 1. The number of hydrogen-bond donors (Lipinski definition) is 1. The monoisotopic (exact) mass is 439 g/mol. The van der Waals surface area contributed by atoms with Gasteiger partial charge in [-0.15, -0.1) is 11.3 Å². The van der Waals surface area contributed by atoms with Gasteiger partial charge in [0.2, 0.25) is 5.91 Å². The summed E-state index contributed by atoms with van der Waals surface area (Å²) in [6.07, 6.45) is 3.33. The number of thiazole rings is 1. The normalized spacial score (nSPS) is 11.0. The van der Waals surface area contributed by atoms with Gasteiger partial charge in [-0.25, -0.2) is 4.98 Å². The smallest absolute Gasteiger partial charge is 0.230 e. The number of benzene rings is 2. The second-order valence-corrected chi connectivity index (χ2v) is 8.04. The maximum absolute atomic E-state index is 12.4. The number of fused-ring (bicyclic) bond motifs is 1. The van der Waals surface area contributed by atoms with Gasteiger partial charge >= 0.3 is 0 Å². The van der Waals surface area contributed by atoms with Crippen molar-refractivity contribution in [2.45, 2.75) is 19.8 Å². The number of nitrogens with zero attached hydrogens (tertiary/aromatic N) is 2. The minimum atomic E-state index is -0.0460. The molecule has 0 fully saturated rings. The number of aryl methyl sites for hydroxylation is 1. The van der Waals surface area contributed by atoms with E-state index in [-0.39, 0.29) is 5.91 Å². The third-order valence-electron chi connectivity index (χ3n) is 4.39. The van der Waals surface area contributed by atoms with E-state index in [4.69, 9.17) is 4.98 Å². The van der Waals surface area contributed by atoms with E-state index in [0.717, 1.165) is 38.5 Å². The fraction of sp³-hybridized carbons (Fsp3) is 0.143. The Morgan fingerprint density at radius 2 is 2.04 bits per heavy atom. The van der Waals surface area contributed by atoms with Gasteiger partial charge in [-0.2, -0.15) is 0 Å². The third-order valence-corrected chi connectivity index (χ3v) is 5.77. The number of amides is 1. The van der Waals surface area contributed by atoms with Crippen LogP contribution < -0.4 is 5.32 Å². The molecule has 0 saturated carbocycles. The van der Waals surface area contributed by atoms with E-state index in [0.29, 0.717) is 6.42 Å². The van der Waals surface area contributed by atoms with Crippen LogP contribution in [0.25, 0.3) is 16.2 Å². The second-order valence-electron chi connectivity index (χ2n) is 6.29. The number of aromatic nitrogens is 2. The molecular weight excluding hydrogens is 422 g/mol. The summed E-state index contributed by atoms with van der Waals surface area (Å²) < 4.78 is 2.94. The second kappa shape index (κ2) is 7.66. The first-order chi connectivity index (χ1) is 13.1. The zero-order valence-corrected chi connectivity index (χ0v) is 17.2. The zero-order valence-electron chi connectivity index (χ0n) is 14.8. The third kappa shape index (κ3) is 3.96. The molecule has 27 heavy (non-hydrogen) atoms. The van der Waals surface area contributed by atoms with Gasteiger partial charge in [0.15, 0.2) is 4.96 Å². The lowest BCUT2D eigenvalue weighted by Gasteiger charge is -2.05. The molecule has 136 valence electrons. The molecule has 4 nitrogen and oxygen atoms in total. The highest BCUT2D eigenvalue weighted by molar-refractivity contribution is 9.10. The summed E-state index contributed by atoms with van der Waals surface area (Å²) in [5.41, 5.74) is 5.05. The van der Waals surface area contributed by atoms with E-state index in [1.807, 2.05) is 40.2 Å². The molecule has 6 heteroatoms. The van der Waals surface area contributed by atoms with Gasteiger partial charge in [-0.05, 0) is 30.2 Å². The maximum atomic E-state index is 12.4. The van der Waals surface area contributed by atoms with Crippen LogP contribution in [0.1, 0.15) is 18.2 Å². The Labute approximate surface area is 170 Å². The molecule has 4 rings (SSSR count). The van der Waals surface area contributed by atoms with Crippen molar-refractivity contribution in [3.63, 3.8) is 0 Å². The molecule has 4 aromatic rings. The van der Waals surface area contributed by atoms with Crippen LogP contribution in [0.15, 0.2) is 64.6 Å². The molecule has 0 bridgehead atoms. The van der Waals surface area contributed by atoms with Crippen molar-refractivity contribution in [2.24, 2.45) is 0 Å². The molecule has 2 aromatic carbocycles. The number of carbonyl (C=O) groups excluding carboxylic acids is 1. The maximum Gasteiger partial charge on any atom is 0.230 e. The van der Waals surface area contributed by atoms with Crippen molar-refractivity contribution in [1.82, 2.24) is 9.38 Å². The zero-order chi connectivity index (χ0) is 18.8. The van der Waals surface area contributed by atoms with E-state index in [1.165, 1.54) is 5.56 Å². The fourth-order valence-electron chi connectivity index (χ4n) is 2.94. The number of rotatable bonds is 5. The lowest BCUT2D eigenvalue weighted by molar-refractivity contribution is -0.115. The van der Waals surface area contributed by atoms with Crippen LogP contribution in [0.2, 0.25) is 0 Å². The van der Waals surface area contributed by atoms with Gasteiger partial charge in [0.05, 0.1) is 12.1 Å². The Morgan fingerprint density at radius 1 is 1.22 bits per heavy atom. The van der Waals surface area contributed by atoms with Crippen molar-refractivity contribution in [3.05, 3.63) is 75.8 Å². The van der Waals surface area contributed by atoms with Crippen molar-refractivity contribution >= 4 is 43.8 Å². The predicted molar refractivity (Wildman–Crippen MR) is 114 cm³/mol. The Balaban J connectivity index is 1.54. The van der Waals surface area contributed by atoms with E-state index in [1.54, 1.807) is 11.3 Å². The first-order valence-corrected chi connectivity index (χ1v) is 10.4. The Kier molecular flexibility index (Phi) is 5.09. The summed E-state index contributed by atoms with van der Waals surface area (Å²) >= 11 is 4.97. The quantitative estimate of drug-likeness (QED) is 0.441. The molecule has 0 saturated heterocycles. The lowest BCUT2D eigenvalue weighted by Crippen LogP contribution is -2.15. The Morgan fingerprint density at radius 3 is 2.78 bits per heavy atom. The largest absolute Gasteiger partial charge is 0.326 e. The average molecular weight is 440 g/mol. The highest BCUT2D eigenvalue weighted by Crippen LogP contribution is 2.25. The number of halogens is 1. The van der Waals surface area contributed by atoms with Crippen molar-refractivity contribution < 1.29 is 4.79 Å². The molecule has 2 heterocycles. The minimum Gasteiger partial charge on any atom is -0.326 e. The summed E-state index contributed by atoms with van der Waals surface area (Å²) in [5, 5.41) is 4.93. The highest BCUT2D eigenvalue weighted by atomic mass is 79.9. The van der Waals surface area contributed by atoms with Gasteiger partial charge in [0, 0.05) is 33.0 Å². The fourth-order valence-corrected chi connectivity index (χ4v) is 4.21. The first-order valence-electron chi connectivity index (χ1n) is 8.72. The molecule has 1 amide bonds. The van der Waals surface area contributed by atoms with Crippen LogP contribution in [0, 0.1) is 0 Å². The Bertz CT molecular complexity index is 1100. The van der Waals surface area contributed by atoms with Gasteiger partial charge in [0.1, 0.15) is 0 Å². The highest BCUT2D eigenvalue weighted by Gasteiger charge is 2.13. The number of imidazole rings is 1. The molecule has 1 N–H and O–H groups in total. The molecule has 0 aliphatic rings. The van der Waals surface area contributed by atoms with E-state index in [9.17, 15) is 4.79 Å². The van der Waals surface area contributed by atoms with Crippen molar-refractivity contribution in [2.75, 3.05) is 5.32 Å². The number of anilines is 1. The van der Waals surface area contributed by atoms with Crippen molar-refractivity contribution in [1.29, 1.82) is 0 Å². The first kappa shape index (κ1) is 17.9. The topological polar surface area (TPSA) is 46.4 Å². The Hall–Kier alpha value is -2.44. The van der Waals surface area contributed by atoms with Crippen LogP contribution in [0.4, 0.5) is 5.69 Å². The predicted octanol–water partition coefficient (Wildman–Crippen LogP) is 5.57. The van der Waals surface area contributed by atoms with Crippen LogP contribution >= 0.6 is 27.3 Å². The van der Waals surface area contributed by atoms with E-state index in [2.05, 4.69) is 52.4 Å². The number of carbonyl (C=O) groups is 1. The van der Waals surface area contributed by atoms with Crippen LogP contribution in [-0.2, 0) is 17.6 Å². The standard InChI is InChI=1S/C21H18BrN3OS/c1-2-14-6-8-15(9-7-14)19-12-25-18(13-27-21(25)24-19)11-20(26)23-17-5-3-4-16(22)10-17/h3-10,12-13H,2,11H2,1H3,(H,23,26).